The molecule has 0 aromatic carbocycles. The Hall–Kier alpha value is -0.110. The number of anilines is 1. The van der Waals surface area contributed by atoms with Gasteiger partial charge >= 0.3 is 0 Å². The smallest absolute Gasteiger partial charge is 0.240 e. The third kappa shape index (κ3) is 5.54. The molecule has 1 aliphatic heterocycles. The highest BCUT2D eigenvalue weighted by molar-refractivity contribution is 7.15. The third-order valence-electron chi connectivity index (χ3n) is 3.42. The number of hydrogen-bond acceptors (Lipinski definition) is 5. The lowest BCUT2D eigenvalue weighted by Crippen LogP contribution is -2.46. The Kier molecular flexibility index (Phi) is 9.76. The highest BCUT2D eigenvalue weighted by Crippen LogP contribution is 2.30. The van der Waals surface area contributed by atoms with Crippen LogP contribution in [0.4, 0.5) is 5.13 Å². The van der Waals surface area contributed by atoms with Gasteiger partial charge in [-0.2, -0.15) is 0 Å². The lowest BCUT2D eigenvalue weighted by Gasteiger charge is -2.26. The summed E-state index contributed by atoms with van der Waals surface area (Å²) >= 11 is 1.64. The molecule has 21 heavy (non-hydrogen) atoms. The molecular formula is C12H21Cl3N4OS. The van der Waals surface area contributed by atoms with Crippen LogP contribution in [0.2, 0.25) is 0 Å². The molecule has 9 heteroatoms. The number of nitrogens with one attached hydrogen (secondary N) is 2. The first kappa shape index (κ1) is 20.9. The number of hydrogen-bond donors (Lipinski definition) is 2. The molecule has 0 unspecified atom stereocenters. The lowest BCUT2D eigenvalue weighted by atomic mass is 10.3. The molecule has 1 fully saturated rings. The van der Waals surface area contributed by atoms with Crippen molar-refractivity contribution in [1.29, 1.82) is 0 Å². The van der Waals surface area contributed by atoms with E-state index in [4.69, 9.17) is 0 Å². The highest BCUT2D eigenvalue weighted by atomic mass is 35.5. The number of carbonyl (C=O) groups is 1. The van der Waals surface area contributed by atoms with E-state index in [0.717, 1.165) is 44.2 Å². The van der Waals surface area contributed by atoms with E-state index in [1.807, 2.05) is 0 Å². The Morgan fingerprint density at radius 2 is 1.95 bits per heavy atom. The van der Waals surface area contributed by atoms with Crippen LogP contribution in [0.15, 0.2) is 0 Å². The Morgan fingerprint density at radius 1 is 1.24 bits per heavy atom. The van der Waals surface area contributed by atoms with E-state index < -0.39 is 0 Å². The van der Waals surface area contributed by atoms with Crippen molar-refractivity contribution in [3.8, 4) is 0 Å². The molecular weight excluding hydrogens is 355 g/mol. The Bertz CT molecular complexity index is 430. The van der Waals surface area contributed by atoms with E-state index in [1.165, 1.54) is 17.0 Å². The van der Waals surface area contributed by atoms with Crippen molar-refractivity contribution in [1.82, 2.24) is 15.2 Å². The van der Waals surface area contributed by atoms with E-state index >= 15 is 0 Å². The fraction of sp³-hybridized carbons (Fsp3) is 0.667. The number of aryl methyl sites for hydroxylation is 2. The fourth-order valence-electron chi connectivity index (χ4n) is 2.47. The van der Waals surface area contributed by atoms with Crippen LogP contribution in [-0.4, -0.2) is 48.5 Å². The molecule has 1 aromatic rings. The minimum Gasteiger partial charge on any atom is -0.314 e. The molecule has 3 rings (SSSR count). The maximum atomic E-state index is 11.9. The fourth-order valence-corrected chi connectivity index (χ4v) is 3.54. The topological polar surface area (TPSA) is 57.3 Å². The van der Waals surface area contributed by atoms with Gasteiger partial charge in [-0.25, -0.2) is 4.98 Å². The normalized spacial score (nSPS) is 17.0. The van der Waals surface area contributed by atoms with Gasteiger partial charge in [0.15, 0.2) is 5.13 Å². The SMILES string of the molecule is Cl.Cl.Cl.O=C(CN1CCNCC1)Nc1nc2c(s1)CCC2. The predicted molar refractivity (Wildman–Crippen MR) is 93.8 cm³/mol. The number of halogens is 3. The summed E-state index contributed by atoms with van der Waals surface area (Å²) in [5.41, 5.74) is 1.19. The van der Waals surface area contributed by atoms with Crippen molar-refractivity contribution >= 4 is 59.6 Å². The average molecular weight is 376 g/mol. The van der Waals surface area contributed by atoms with Crippen molar-refractivity contribution < 1.29 is 4.79 Å². The molecule has 1 amide bonds. The Balaban J connectivity index is 0.00000133. The molecule has 0 bridgehead atoms. The van der Waals surface area contributed by atoms with Gasteiger partial charge in [0, 0.05) is 31.1 Å². The lowest BCUT2D eigenvalue weighted by molar-refractivity contribution is -0.117. The van der Waals surface area contributed by atoms with Crippen LogP contribution >= 0.6 is 48.6 Å². The van der Waals surface area contributed by atoms with Crippen LogP contribution in [0.25, 0.3) is 0 Å². The molecule has 0 saturated carbocycles. The molecule has 2 N–H and O–H groups in total. The van der Waals surface area contributed by atoms with Crippen molar-refractivity contribution in [3.63, 3.8) is 0 Å². The maximum absolute atomic E-state index is 11.9. The number of piperazine rings is 1. The number of aromatic nitrogens is 1. The molecule has 1 aliphatic carbocycles. The number of carbonyl (C=O) groups excluding carboxylic acids is 1. The summed E-state index contributed by atoms with van der Waals surface area (Å²) < 4.78 is 0. The van der Waals surface area contributed by atoms with E-state index in [9.17, 15) is 4.79 Å². The van der Waals surface area contributed by atoms with Gasteiger partial charge in [-0.05, 0) is 19.3 Å². The van der Waals surface area contributed by atoms with Crippen LogP contribution in [0.1, 0.15) is 17.0 Å². The minimum absolute atomic E-state index is 0. The Morgan fingerprint density at radius 3 is 2.62 bits per heavy atom. The van der Waals surface area contributed by atoms with Gasteiger partial charge in [-0.15, -0.1) is 48.6 Å². The number of fused-ring (bicyclic) bond motifs is 1. The Labute approximate surface area is 147 Å². The zero-order chi connectivity index (χ0) is 12.4. The number of thiazole rings is 1. The van der Waals surface area contributed by atoms with Crippen LogP contribution < -0.4 is 10.6 Å². The predicted octanol–water partition coefficient (Wildman–Crippen LogP) is 1.74. The zero-order valence-corrected chi connectivity index (χ0v) is 14.9. The quantitative estimate of drug-likeness (QED) is 0.845. The molecule has 1 saturated heterocycles. The van der Waals surface area contributed by atoms with E-state index in [0.29, 0.717) is 6.54 Å². The monoisotopic (exact) mass is 374 g/mol. The van der Waals surface area contributed by atoms with Crippen molar-refractivity contribution in [2.75, 3.05) is 38.0 Å². The van der Waals surface area contributed by atoms with Gasteiger partial charge < -0.3 is 10.6 Å². The molecule has 0 radical (unpaired) electrons. The third-order valence-corrected chi connectivity index (χ3v) is 4.49. The number of nitrogens with zero attached hydrogens (tertiary/aromatic N) is 2. The van der Waals surface area contributed by atoms with Crippen LogP contribution in [-0.2, 0) is 17.6 Å². The summed E-state index contributed by atoms with van der Waals surface area (Å²) in [7, 11) is 0. The second kappa shape index (κ2) is 9.82. The summed E-state index contributed by atoms with van der Waals surface area (Å²) in [6.07, 6.45) is 3.41. The summed E-state index contributed by atoms with van der Waals surface area (Å²) in [6, 6.07) is 0. The van der Waals surface area contributed by atoms with Gasteiger partial charge in [0.1, 0.15) is 0 Å². The average Bonchev–Trinajstić information content (AvgIpc) is 2.90. The standard InChI is InChI=1S/C12H18N4OS.3ClH/c17-11(8-16-6-4-13-5-7-16)15-12-14-9-2-1-3-10(9)18-12;;;/h13H,1-8H2,(H,14,15,17);3*1H. The minimum atomic E-state index is 0. The first-order valence-electron chi connectivity index (χ1n) is 6.53. The van der Waals surface area contributed by atoms with E-state index in [-0.39, 0.29) is 43.1 Å². The van der Waals surface area contributed by atoms with E-state index in [2.05, 4.69) is 20.5 Å². The molecule has 1 aromatic heterocycles. The summed E-state index contributed by atoms with van der Waals surface area (Å²) in [5.74, 6) is 0.0596. The second-order valence-electron chi connectivity index (χ2n) is 4.82. The van der Waals surface area contributed by atoms with Crippen molar-refractivity contribution in [3.05, 3.63) is 10.6 Å². The van der Waals surface area contributed by atoms with Gasteiger partial charge in [0.2, 0.25) is 5.91 Å². The first-order chi connectivity index (χ1) is 8.81. The van der Waals surface area contributed by atoms with Crippen molar-refractivity contribution in [2.24, 2.45) is 0 Å². The molecule has 2 aliphatic rings. The molecule has 5 nitrogen and oxygen atoms in total. The number of rotatable bonds is 3. The molecule has 2 heterocycles. The summed E-state index contributed by atoms with van der Waals surface area (Å²) in [6.45, 7) is 4.31. The maximum Gasteiger partial charge on any atom is 0.240 e. The largest absolute Gasteiger partial charge is 0.314 e. The van der Waals surface area contributed by atoms with Crippen LogP contribution in [0, 0.1) is 0 Å². The second-order valence-corrected chi connectivity index (χ2v) is 5.90. The van der Waals surface area contributed by atoms with Gasteiger partial charge in [0.05, 0.1) is 12.2 Å². The van der Waals surface area contributed by atoms with Crippen LogP contribution in [0.5, 0.6) is 0 Å². The zero-order valence-electron chi connectivity index (χ0n) is 11.6. The number of amides is 1. The van der Waals surface area contributed by atoms with Gasteiger partial charge in [0.25, 0.3) is 0 Å². The first-order valence-corrected chi connectivity index (χ1v) is 7.34. The summed E-state index contributed by atoms with van der Waals surface area (Å²) in [5, 5.41) is 6.98. The molecule has 0 spiro atoms. The van der Waals surface area contributed by atoms with E-state index in [1.54, 1.807) is 11.3 Å². The molecule has 122 valence electrons. The highest BCUT2D eigenvalue weighted by Gasteiger charge is 2.19. The summed E-state index contributed by atoms with van der Waals surface area (Å²) in [4.78, 5) is 19.9. The van der Waals surface area contributed by atoms with Gasteiger partial charge in [-0.3, -0.25) is 9.69 Å². The van der Waals surface area contributed by atoms with Crippen LogP contribution in [0.3, 0.4) is 0 Å². The van der Waals surface area contributed by atoms with Gasteiger partial charge in [-0.1, -0.05) is 0 Å². The molecule has 0 atom stereocenters. The van der Waals surface area contributed by atoms with Crippen molar-refractivity contribution in [2.45, 2.75) is 19.3 Å².